The number of hydrogen-bond donors (Lipinski definition) is 2. The van der Waals surface area contributed by atoms with E-state index >= 15 is 0 Å². The van der Waals surface area contributed by atoms with Gasteiger partial charge in [0.2, 0.25) is 5.91 Å². The van der Waals surface area contributed by atoms with Gasteiger partial charge in [-0.1, -0.05) is 25.5 Å². The van der Waals surface area contributed by atoms with Gasteiger partial charge in [0.15, 0.2) is 0 Å². The number of nitrogens with one attached hydrogen (secondary N) is 1. The van der Waals surface area contributed by atoms with Gasteiger partial charge in [0, 0.05) is 19.2 Å². The molecular formula is C19H30N2O3. The highest BCUT2D eigenvalue weighted by atomic mass is 16.5. The summed E-state index contributed by atoms with van der Waals surface area (Å²) in [6, 6.07) is 8.20. The van der Waals surface area contributed by atoms with E-state index < -0.39 is 0 Å². The summed E-state index contributed by atoms with van der Waals surface area (Å²) in [7, 11) is 0. The SMILES string of the molecule is CCCOc1cccc(CNC(=O)CN2CCCCC2CCO)c1. The number of nitrogens with zero attached hydrogens (tertiary/aromatic N) is 1. The molecule has 0 radical (unpaired) electrons. The van der Waals surface area contributed by atoms with Crippen molar-refractivity contribution in [1.29, 1.82) is 0 Å². The molecule has 0 spiro atoms. The van der Waals surface area contributed by atoms with Crippen molar-refractivity contribution in [3.05, 3.63) is 29.8 Å². The predicted octanol–water partition coefficient (Wildman–Crippen LogP) is 2.33. The van der Waals surface area contributed by atoms with Crippen LogP contribution >= 0.6 is 0 Å². The molecule has 1 fully saturated rings. The van der Waals surface area contributed by atoms with Gasteiger partial charge in [0.05, 0.1) is 13.2 Å². The minimum absolute atomic E-state index is 0.0414. The van der Waals surface area contributed by atoms with Crippen LogP contribution < -0.4 is 10.1 Å². The second-order valence-electron chi connectivity index (χ2n) is 6.40. The molecule has 1 atom stereocenters. The van der Waals surface area contributed by atoms with Gasteiger partial charge in [-0.3, -0.25) is 9.69 Å². The third-order valence-corrected chi connectivity index (χ3v) is 4.42. The lowest BCUT2D eigenvalue weighted by Gasteiger charge is -2.34. The summed E-state index contributed by atoms with van der Waals surface area (Å²) in [5, 5.41) is 12.2. The zero-order valence-electron chi connectivity index (χ0n) is 14.7. The van der Waals surface area contributed by atoms with E-state index in [1.807, 2.05) is 24.3 Å². The molecule has 1 heterocycles. The lowest BCUT2D eigenvalue weighted by Crippen LogP contribution is -2.45. The van der Waals surface area contributed by atoms with Crippen molar-refractivity contribution in [3.63, 3.8) is 0 Å². The first-order chi connectivity index (χ1) is 11.7. The van der Waals surface area contributed by atoms with Crippen LogP contribution in [0.3, 0.4) is 0 Å². The first kappa shape index (κ1) is 18.7. The van der Waals surface area contributed by atoms with Crippen molar-refractivity contribution in [2.75, 3.05) is 26.3 Å². The average Bonchev–Trinajstić information content (AvgIpc) is 2.60. The standard InChI is InChI=1S/C19H30N2O3/c1-2-12-24-18-8-5-6-16(13-18)14-20-19(23)15-21-10-4-3-7-17(21)9-11-22/h5-6,8,13,17,22H,2-4,7,9-12,14-15H2,1H3,(H,20,23). The Morgan fingerprint density at radius 3 is 3.08 bits per heavy atom. The first-order valence-electron chi connectivity index (χ1n) is 9.06. The summed E-state index contributed by atoms with van der Waals surface area (Å²) in [5.74, 6) is 0.891. The zero-order chi connectivity index (χ0) is 17.2. The summed E-state index contributed by atoms with van der Waals surface area (Å²) in [6.45, 7) is 4.84. The van der Waals surface area contributed by atoms with Crippen molar-refractivity contribution in [2.45, 2.75) is 51.6 Å². The Morgan fingerprint density at radius 2 is 2.29 bits per heavy atom. The van der Waals surface area contributed by atoms with Gasteiger partial charge < -0.3 is 15.2 Å². The molecule has 2 N–H and O–H groups in total. The van der Waals surface area contributed by atoms with Crippen LogP contribution in [-0.2, 0) is 11.3 Å². The minimum Gasteiger partial charge on any atom is -0.494 e. The number of aliphatic hydroxyl groups is 1. The summed E-state index contributed by atoms with van der Waals surface area (Å²) in [5.41, 5.74) is 1.04. The number of carbonyl (C=O) groups is 1. The lowest BCUT2D eigenvalue weighted by molar-refractivity contribution is -0.123. The Balaban J connectivity index is 1.79. The maximum absolute atomic E-state index is 12.2. The summed E-state index contributed by atoms with van der Waals surface area (Å²) in [6.07, 6.45) is 5.12. The molecule has 1 aromatic carbocycles. The van der Waals surface area contributed by atoms with E-state index in [2.05, 4.69) is 17.1 Å². The maximum Gasteiger partial charge on any atom is 0.234 e. The van der Waals surface area contributed by atoms with E-state index in [4.69, 9.17) is 4.74 Å². The second-order valence-corrected chi connectivity index (χ2v) is 6.40. The number of aliphatic hydroxyl groups excluding tert-OH is 1. The van der Waals surface area contributed by atoms with E-state index in [0.29, 0.717) is 25.7 Å². The second kappa shape index (κ2) is 10.3. The molecule has 0 aromatic heterocycles. The lowest BCUT2D eigenvalue weighted by atomic mass is 10.00. The Bertz CT molecular complexity index is 505. The van der Waals surface area contributed by atoms with E-state index in [1.54, 1.807) is 0 Å². The molecule has 1 aliphatic rings. The number of likely N-dealkylation sites (tertiary alicyclic amines) is 1. The molecule has 134 valence electrons. The first-order valence-corrected chi connectivity index (χ1v) is 9.06. The minimum atomic E-state index is 0.0414. The molecule has 1 amide bonds. The molecular weight excluding hydrogens is 304 g/mol. The molecule has 0 aliphatic carbocycles. The molecule has 0 bridgehead atoms. The van der Waals surface area contributed by atoms with Gasteiger partial charge in [0.1, 0.15) is 5.75 Å². The highest BCUT2D eigenvalue weighted by Gasteiger charge is 2.23. The fourth-order valence-electron chi connectivity index (χ4n) is 3.15. The van der Waals surface area contributed by atoms with Crippen molar-refractivity contribution in [2.24, 2.45) is 0 Å². The highest BCUT2D eigenvalue weighted by Crippen LogP contribution is 2.19. The fraction of sp³-hybridized carbons (Fsp3) is 0.632. The molecule has 2 rings (SSSR count). The highest BCUT2D eigenvalue weighted by molar-refractivity contribution is 5.78. The predicted molar refractivity (Wildman–Crippen MR) is 95.0 cm³/mol. The third-order valence-electron chi connectivity index (χ3n) is 4.42. The maximum atomic E-state index is 12.2. The summed E-state index contributed by atoms with van der Waals surface area (Å²) >= 11 is 0. The van der Waals surface area contributed by atoms with E-state index in [0.717, 1.165) is 43.5 Å². The van der Waals surface area contributed by atoms with Crippen LogP contribution in [0, 0.1) is 0 Å². The van der Waals surface area contributed by atoms with Crippen molar-refractivity contribution in [3.8, 4) is 5.75 Å². The largest absolute Gasteiger partial charge is 0.494 e. The van der Waals surface area contributed by atoms with Crippen LogP contribution in [0.4, 0.5) is 0 Å². The van der Waals surface area contributed by atoms with Crippen LogP contribution in [0.1, 0.15) is 44.6 Å². The Morgan fingerprint density at radius 1 is 1.42 bits per heavy atom. The number of amides is 1. The van der Waals surface area contributed by atoms with Crippen molar-refractivity contribution < 1.29 is 14.6 Å². The number of benzene rings is 1. The van der Waals surface area contributed by atoms with Crippen LogP contribution in [0.2, 0.25) is 0 Å². The number of carbonyl (C=O) groups excluding carboxylic acids is 1. The van der Waals surface area contributed by atoms with Crippen LogP contribution in [-0.4, -0.2) is 48.3 Å². The number of piperidine rings is 1. The van der Waals surface area contributed by atoms with Crippen LogP contribution in [0.25, 0.3) is 0 Å². The molecule has 5 heteroatoms. The van der Waals surface area contributed by atoms with Gasteiger partial charge in [-0.05, 0) is 49.9 Å². The fourth-order valence-corrected chi connectivity index (χ4v) is 3.15. The average molecular weight is 334 g/mol. The van der Waals surface area contributed by atoms with Gasteiger partial charge in [-0.25, -0.2) is 0 Å². The van der Waals surface area contributed by atoms with Gasteiger partial charge in [-0.2, -0.15) is 0 Å². The molecule has 1 aromatic rings. The van der Waals surface area contributed by atoms with Crippen LogP contribution in [0.5, 0.6) is 5.75 Å². The molecule has 1 saturated heterocycles. The Hall–Kier alpha value is -1.59. The normalized spacial score (nSPS) is 18.3. The topological polar surface area (TPSA) is 61.8 Å². The van der Waals surface area contributed by atoms with Crippen LogP contribution in [0.15, 0.2) is 24.3 Å². The molecule has 5 nitrogen and oxygen atoms in total. The summed E-state index contributed by atoms with van der Waals surface area (Å²) < 4.78 is 5.62. The monoisotopic (exact) mass is 334 g/mol. The number of hydrogen-bond acceptors (Lipinski definition) is 4. The Kier molecular flexibility index (Phi) is 8.05. The smallest absolute Gasteiger partial charge is 0.234 e. The van der Waals surface area contributed by atoms with E-state index in [9.17, 15) is 9.90 Å². The third kappa shape index (κ3) is 6.13. The zero-order valence-corrected chi connectivity index (χ0v) is 14.7. The summed E-state index contributed by atoms with van der Waals surface area (Å²) in [4.78, 5) is 14.4. The van der Waals surface area contributed by atoms with Gasteiger partial charge >= 0.3 is 0 Å². The molecule has 0 saturated carbocycles. The van der Waals surface area contributed by atoms with Crippen molar-refractivity contribution >= 4 is 5.91 Å². The number of ether oxygens (including phenoxy) is 1. The van der Waals surface area contributed by atoms with Gasteiger partial charge in [0.25, 0.3) is 0 Å². The van der Waals surface area contributed by atoms with Gasteiger partial charge in [-0.15, -0.1) is 0 Å². The molecule has 24 heavy (non-hydrogen) atoms. The van der Waals surface area contributed by atoms with E-state index in [1.165, 1.54) is 6.42 Å². The molecule has 1 unspecified atom stereocenters. The quantitative estimate of drug-likeness (QED) is 0.728. The Labute approximate surface area is 145 Å². The van der Waals surface area contributed by atoms with E-state index in [-0.39, 0.29) is 12.5 Å². The number of rotatable bonds is 9. The molecule has 1 aliphatic heterocycles. The van der Waals surface area contributed by atoms with Crippen molar-refractivity contribution in [1.82, 2.24) is 10.2 Å².